The smallest absolute Gasteiger partial charge is 0.213 e. The minimum atomic E-state index is 0. The molecule has 2 heterocycles. The van der Waals surface area contributed by atoms with Crippen LogP contribution in [0.4, 0.5) is 0 Å². The normalized spacial score (nSPS) is 22.0. The van der Waals surface area contributed by atoms with E-state index in [0.29, 0.717) is 11.9 Å². The van der Waals surface area contributed by atoms with Crippen LogP contribution in [0.2, 0.25) is 0 Å². The second kappa shape index (κ2) is 8.55. The van der Waals surface area contributed by atoms with Crippen molar-refractivity contribution in [3.63, 3.8) is 0 Å². The molecule has 1 atom stereocenters. The summed E-state index contributed by atoms with van der Waals surface area (Å²) in [7, 11) is 0. The molecule has 1 saturated heterocycles. The van der Waals surface area contributed by atoms with Gasteiger partial charge in [0, 0.05) is 37.8 Å². The maximum absolute atomic E-state index is 5.94. The standard InChI is InChI=1S/C16H24N4O.HI/c1-2-17-16(19-13-6-5-7-13)20-11-9-14(12-20)21-15-8-3-4-10-18-15;/h3-4,8,10,13-14H,2,5-7,9,11-12H2,1H3,(H,17,19);1H. The largest absolute Gasteiger partial charge is 0.472 e. The van der Waals surface area contributed by atoms with Crippen LogP contribution < -0.4 is 10.1 Å². The van der Waals surface area contributed by atoms with Crippen molar-refractivity contribution in [2.45, 2.75) is 44.8 Å². The number of aliphatic imine (C=N–C) groups is 1. The molecule has 0 radical (unpaired) electrons. The zero-order valence-corrected chi connectivity index (χ0v) is 15.4. The SMILES string of the molecule is CCN=C(NC1CCC1)N1CCC(Oc2ccccn2)C1.I. The van der Waals surface area contributed by atoms with Crippen molar-refractivity contribution in [3.05, 3.63) is 24.4 Å². The monoisotopic (exact) mass is 416 g/mol. The molecule has 1 unspecified atom stereocenters. The molecule has 1 aliphatic heterocycles. The molecule has 5 nitrogen and oxygen atoms in total. The molecule has 1 aromatic rings. The molecule has 3 rings (SSSR count). The highest BCUT2D eigenvalue weighted by Gasteiger charge is 2.28. The van der Waals surface area contributed by atoms with Crippen LogP contribution in [0.25, 0.3) is 0 Å². The number of nitrogens with one attached hydrogen (secondary N) is 1. The van der Waals surface area contributed by atoms with E-state index in [1.807, 2.05) is 18.2 Å². The summed E-state index contributed by atoms with van der Waals surface area (Å²) in [6.07, 6.45) is 6.86. The van der Waals surface area contributed by atoms with Crippen molar-refractivity contribution in [2.24, 2.45) is 4.99 Å². The molecular weight excluding hydrogens is 391 g/mol. The highest BCUT2D eigenvalue weighted by Crippen LogP contribution is 2.20. The van der Waals surface area contributed by atoms with Crippen LogP contribution in [0.3, 0.4) is 0 Å². The quantitative estimate of drug-likeness (QED) is 0.466. The molecular formula is C16H25IN4O. The Balaban J connectivity index is 0.00000176. The average molecular weight is 416 g/mol. The fourth-order valence-electron chi connectivity index (χ4n) is 2.73. The first-order chi connectivity index (χ1) is 10.3. The van der Waals surface area contributed by atoms with Gasteiger partial charge < -0.3 is 15.0 Å². The second-order valence-electron chi connectivity index (χ2n) is 5.71. The van der Waals surface area contributed by atoms with Crippen molar-refractivity contribution in [1.82, 2.24) is 15.2 Å². The maximum atomic E-state index is 5.94. The van der Waals surface area contributed by atoms with Crippen molar-refractivity contribution in [3.8, 4) is 5.88 Å². The van der Waals surface area contributed by atoms with Crippen LogP contribution in [0.15, 0.2) is 29.4 Å². The molecule has 1 saturated carbocycles. The Morgan fingerprint density at radius 2 is 2.27 bits per heavy atom. The Morgan fingerprint density at radius 1 is 1.41 bits per heavy atom. The van der Waals surface area contributed by atoms with E-state index in [-0.39, 0.29) is 30.1 Å². The van der Waals surface area contributed by atoms with Crippen molar-refractivity contribution < 1.29 is 4.74 Å². The molecule has 1 aromatic heterocycles. The number of guanidine groups is 1. The highest BCUT2D eigenvalue weighted by atomic mass is 127. The third-order valence-electron chi connectivity index (χ3n) is 4.12. The Hall–Kier alpha value is -1.05. The van der Waals surface area contributed by atoms with E-state index >= 15 is 0 Å². The van der Waals surface area contributed by atoms with E-state index in [9.17, 15) is 0 Å². The molecule has 0 aromatic carbocycles. The molecule has 2 aliphatic rings. The van der Waals surface area contributed by atoms with Gasteiger partial charge in [0.25, 0.3) is 0 Å². The topological polar surface area (TPSA) is 49.8 Å². The summed E-state index contributed by atoms with van der Waals surface area (Å²) in [4.78, 5) is 11.2. The van der Waals surface area contributed by atoms with Gasteiger partial charge in [-0.15, -0.1) is 24.0 Å². The number of rotatable bonds is 4. The molecule has 22 heavy (non-hydrogen) atoms. The van der Waals surface area contributed by atoms with E-state index in [0.717, 1.165) is 32.0 Å². The van der Waals surface area contributed by atoms with Crippen molar-refractivity contribution in [2.75, 3.05) is 19.6 Å². The molecule has 122 valence electrons. The number of pyridine rings is 1. The second-order valence-corrected chi connectivity index (χ2v) is 5.71. The van der Waals surface area contributed by atoms with Crippen molar-refractivity contribution >= 4 is 29.9 Å². The molecule has 2 fully saturated rings. The fraction of sp³-hybridized carbons (Fsp3) is 0.625. The van der Waals surface area contributed by atoms with Crippen LogP contribution >= 0.6 is 24.0 Å². The van der Waals surface area contributed by atoms with Crippen molar-refractivity contribution in [1.29, 1.82) is 0 Å². The number of hydrogen-bond donors (Lipinski definition) is 1. The van der Waals surface area contributed by atoms with Gasteiger partial charge in [-0.25, -0.2) is 4.98 Å². The first-order valence-corrected chi connectivity index (χ1v) is 7.98. The fourth-order valence-corrected chi connectivity index (χ4v) is 2.73. The average Bonchev–Trinajstić information content (AvgIpc) is 2.91. The first kappa shape index (κ1) is 17.3. The van der Waals surface area contributed by atoms with Gasteiger partial charge in [0.15, 0.2) is 5.96 Å². The summed E-state index contributed by atoms with van der Waals surface area (Å²) in [5, 5.41) is 3.59. The zero-order chi connectivity index (χ0) is 14.5. The van der Waals surface area contributed by atoms with Crippen LogP contribution in [-0.2, 0) is 0 Å². The third kappa shape index (κ3) is 4.47. The number of halogens is 1. The van der Waals surface area contributed by atoms with E-state index in [1.54, 1.807) is 6.20 Å². The van der Waals surface area contributed by atoms with Gasteiger partial charge in [-0.3, -0.25) is 4.99 Å². The third-order valence-corrected chi connectivity index (χ3v) is 4.12. The predicted octanol–water partition coefficient (Wildman–Crippen LogP) is 2.67. The minimum Gasteiger partial charge on any atom is -0.472 e. The number of nitrogens with zero attached hydrogens (tertiary/aromatic N) is 3. The summed E-state index contributed by atoms with van der Waals surface area (Å²) in [5.41, 5.74) is 0. The number of ether oxygens (including phenoxy) is 1. The Labute approximate surface area is 149 Å². The number of hydrogen-bond acceptors (Lipinski definition) is 3. The molecule has 0 bridgehead atoms. The van der Waals surface area contributed by atoms with Gasteiger partial charge in [0.05, 0.1) is 6.54 Å². The van der Waals surface area contributed by atoms with Gasteiger partial charge in [-0.05, 0) is 32.3 Å². The summed E-state index contributed by atoms with van der Waals surface area (Å²) < 4.78 is 5.94. The van der Waals surface area contributed by atoms with Crippen LogP contribution in [0.5, 0.6) is 5.88 Å². The highest BCUT2D eigenvalue weighted by molar-refractivity contribution is 14.0. The summed E-state index contributed by atoms with van der Waals surface area (Å²) in [5.74, 6) is 1.76. The summed E-state index contributed by atoms with van der Waals surface area (Å²) >= 11 is 0. The van der Waals surface area contributed by atoms with Gasteiger partial charge in [-0.2, -0.15) is 0 Å². The number of aromatic nitrogens is 1. The first-order valence-electron chi connectivity index (χ1n) is 7.98. The lowest BCUT2D eigenvalue weighted by Crippen LogP contribution is -2.48. The lowest BCUT2D eigenvalue weighted by molar-refractivity contribution is 0.205. The molecule has 1 aliphatic carbocycles. The van der Waals surface area contributed by atoms with Gasteiger partial charge in [-0.1, -0.05) is 6.07 Å². The Kier molecular flexibility index (Phi) is 6.72. The molecule has 6 heteroatoms. The zero-order valence-electron chi connectivity index (χ0n) is 13.1. The van der Waals surface area contributed by atoms with Gasteiger partial charge in [0.2, 0.25) is 5.88 Å². The Morgan fingerprint density at radius 3 is 2.91 bits per heavy atom. The van der Waals surface area contributed by atoms with Gasteiger partial charge in [0.1, 0.15) is 6.10 Å². The maximum Gasteiger partial charge on any atom is 0.213 e. The lowest BCUT2D eigenvalue weighted by atomic mass is 9.93. The number of likely N-dealkylation sites (tertiary alicyclic amines) is 1. The summed E-state index contributed by atoms with van der Waals surface area (Å²) in [6.45, 7) is 4.78. The Bertz CT molecular complexity index is 478. The molecule has 0 amide bonds. The van der Waals surface area contributed by atoms with E-state index in [4.69, 9.17) is 4.74 Å². The van der Waals surface area contributed by atoms with E-state index in [2.05, 4.69) is 27.1 Å². The predicted molar refractivity (Wildman–Crippen MR) is 99.0 cm³/mol. The van der Waals surface area contributed by atoms with Crippen LogP contribution in [0, 0.1) is 0 Å². The van der Waals surface area contributed by atoms with E-state index in [1.165, 1.54) is 19.3 Å². The molecule has 0 spiro atoms. The van der Waals surface area contributed by atoms with Gasteiger partial charge >= 0.3 is 0 Å². The van der Waals surface area contributed by atoms with Crippen LogP contribution in [-0.4, -0.2) is 47.6 Å². The van der Waals surface area contributed by atoms with Crippen LogP contribution in [0.1, 0.15) is 32.6 Å². The molecule has 1 N–H and O–H groups in total. The van der Waals surface area contributed by atoms with E-state index < -0.39 is 0 Å². The lowest BCUT2D eigenvalue weighted by Gasteiger charge is -2.31. The summed E-state index contributed by atoms with van der Waals surface area (Å²) in [6, 6.07) is 6.39. The minimum absolute atomic E-state index is 0.